The molecule has 2 aliphatic heterocycles. The molecule has 2 aliphatic rings. The Kier molecular flexibility index (Phi) is 5.31. The molecule has 0 saturated carbocycles. The molecule has 2 bridgehead atoms. The van der Waals surface area contributed by atoms with Crippen LogP contribution in [0.15, 0.2) is 54.9 Å². The SMILES string of the molecule is CC(O)c1c(C2CC3CCCC(C2)N3)nc2c(-c3ccc(-c4ccccc4)nc3)cnn2c1N. The lowest BCUT2D eigenvalue weighted by Crippen LogP contribution is -2.48. The van der Waals surface area contributed by atoms with Crippen LogP contribution in [0.1, 0.15) is 62.3 Å². The van der Waals surface area contributed by atoms with E-state index in [0.717, 1.165) is 46.6 Å². The molecule has 174 valence electrons. The van der Waals surface area contributed by atoms with Crippen LogP contribution in [-0.4, -0.2) is 36.8 Å². The van der Waals surface area contributed by atoms with Crippen molar-refractivity contribution in [3.63, 3.8) is 0 Å². The largest absolute Gasteiger partial charge is 0.388 e. The van der Waals surface area contributed by atoms with Gasteiger partial charge in [0, 0.05) is 46.5 Å². The van der Waals surface area contributed by atoms with Crippen molar-refractivity contribution < 1.29 is 5.11 Å². The van der Waals surface area contributed by atoms with Gasteiger partial charge in [0.05, 0.1) is 23.7 Å². The number of nitrogens with one attached hydrogen (secondary N) is 1. The number of hydrogen-bond donors (Lipinski definition) is 3. The molecule has 0 aliphatic carbocycles. The number of nitrogens with zero attached hydrogens (tertiary/aromatic N) is 4. The van der Waals surface area contributed by atoms with Gasteiger partial charge >= 0.3 is 0 Å². The standard InChI is InChI=1S/C27H30N6O/c1-16(34)24-25(19-12-20-8-5-9-21(13-19)31-20)32-27-22(15-30-33(27)26(24)28)18-10-11-23(29-14-18)17-6-3-2-4-7-17/h2-4,6-7,10-11,14-16,19-21,31,34H,5,8-9,12-13,28H2,1H3. The molecule has 0 spiro atoms. The average Bonchev–Trinajstić information content (AvgIpc) is 3.28. The maximum absolute atomic E-state index is 10.7. The van der Waals surface area contributed by atoms with Crippen LogP contribution in [-0.2, 0) is 0 Å². The first kappa shape index (κ1) is 21.3. The molecule has 2 fully saturated rings. The van der Waals surface area contributed by atoms with E-state index in [1.807, 2.05) is 30.5 Å². The molecule has 6 rings (SSSR count). The lowest BCUT2D eigenvalue weighted by Gasteiger charge is -2.40. The number of aliphatic hydroxyl groups is 1. The first-order valence-electron chi connectivity index (χ1n) is 12.2. The van der Waals surface area contributed by atoms with Crippen LogP contribution in [0.25, 0.3) is 28.0 Å². The number of nitrogen functional groups attached to an aromatic ring is 1. The number of nitrogens with two attached hydrogens (primary N) is 1. The van der Waals surface area contributed by atoms with Gasteiger partial charge in [0.25, 0.3) is 0 Å². The van der Waals surface area contributed by atoms with Gasteiger partial charge in [-0.1, -0.05) is 42.8 Å². The molecule has 2 saturated heterocycles. The summed E-state index contributed by atoms with van der Waals surface area (Å²) in [4.78, 5) is 9.82. The molecule has 7 nitrogen and oxygen atoms in total. The topological polar surface area (TPSA) is 101 Å². The fraction of sp³-hybridized carbons (Fsp3) is 0.370. The minimum atomic E-state index is -0.707. The van der Waals surface area contributed by atoms with Gasteiger partial charge in [0.2, 0.25) is 0 Å². The number of hydrogen-bond acceptors (Lipinski definition) is 6. The molecule has 4 N–H and O–H groups in total. The molecular formula is C27H30N6O. The highest BCUT2D eigenvalue weighted by Gasteiger charge is 2.35. The Morgan fingerprint density at radius 3 is 2.47 bits per heavy atom. The lowest BCUT2D eigenvalue weighted by atomic mass is 9.77. The summed E-state index contributed by atoms with van der Waals surface area (Å²) in [6, 6.07) is 15.2. The van der Waals surface area contributed by atoms with Crippen molar-refractivity contribution >= 4 is 11.5 Å². The van der Waals surface area contributed by atoms with Crippen molar-refractivity contribution in [2.45, 2.75) is 63.1 Å². The van der Waals surface area contributed by atoms with Gasteiger partial charge in [-0.2, -0.15) is 9.61 Å². The van der Waals surface area contributed by atoms with Gasteiger partial charge in [-0.05, 0) is 38.7 Å². The predicted octanol–water partition coefficient (Wildman–Crippen LogP) is 4.48. The Labute approximate surface area is 199 Å². The lowest BCUT2D eigenvalue weighted by molar-refractivity contribution is 0.190. The zero-order valence-electron chi connectivity index (χ0n) is 19.4. The van der Waals surface area contributed by atoms with Crippen molar-refractivity contribution in [2.75, 3.05) is 5.73 Å². The Morgan fingerprint density at radius 1 is 1.03 bits per heavy atom. The number of fused-ring (bicyclic) bond motifs is 3. The summed E-state index contributed by atoms with van der Waals surface area (Å²) < 4.78 is 1.66. The molecule has 3 unspecified atom stereocenters. The smallest absolute Gasteiger partial charge is 0.165 e. The van der Waals surface area contributed by atoms with Crippen LogP contribution >= 0.6 is 0 Å². The van der Waals surface area contributed by atoms with E-state index in [-0.39, 0.29) is 5.92 Å². The van der Waals surface area contributed by atoms with E-state index in [2.05, 4.69) is 33.6 Å². The monoisotopic (exact) mass is 454 g/mol. The molecule has 7 heteroatoms. The van der Waals surface area contributed by atoms with Gasteiger partial charge < -0.3 is 16.2 Å². The summed E-state index contributed by atoms with van der Waals surface area (Å²) in [6.45, 7) is 1.77. The van der Waals surface area contributed by atoms with E-state index in [0.29, 0.717) is 23.5 Å². The average molecular weight is 455 g/mol. The summed E-state index contributed by atoms with van der Waals surface area (Å²) in [5.41, 5.74) is 12.8. The van der Waals surface area contributed by atoms with E-state index >= 15 is 0 Å². The Balaban J connectivity index is 1.43. The normalized spacial score (nSPS) is 23.2. The molecule has 3 aromatic heterocycles. The van der Waals surface area contributed by atoms with E-state index in [9.17, 15) is 5.11 Å². The highest BCUT2D eigenvalue weighted by atomic mass is 16.3. The fourth-order valence-electron chi connectivity index (χ4n) is 5.81. The van der Waals surface area contributed by atoms with Gasteiger partial charge in [-0.25, -0.2) is 4.98 Å². The summed E-state index contributed by atoms with van der Waals surface area (Å²) in [5.74, 6) is 0.744. The van der Waals surface area contributed by atoms with Gasteiger partial charge in [0.15, 0.2) is 5.65 Å². The molecule has 0 amide bonds. The number of rotatable bonds is 4. The first-order chi connectivity index (χ1) is 16.6. The quantitative estimate of drug-likeness (QED) is 0.420. The molecule has 4 aromatic rings. The molecule has 34 heavy (non-hydrogen) atoms. The summed E-state index contributed by atoms with van der Waals surface area (Å²) in [6.07, 6.45) is 8.69. The minimum absolute atomic E-state index is 0.273. The molecule has 3 atom stereocenters. The van der Waals surface area contributed by atoms with Crippen LogP contribution in [0.4, 0.5) is 5.82 Å². The summed E-state index contributed by atoms with van der Waals surface area (Å²) in [7, 11) is 0. The third kappa shape index (κ3) is 3.65. The first-order valence-corrected chi connectivity index (χ1v) is 12.2. The predicted molar refractivity (Wildman–Crippen MR) is 133 cm³/mol. The number of pyridine rings is 1. The third-order valence-corrected chi connectivity index (χ3v) is 7.41. The second-order valence-corrected chi connectivity index (χ2v) is 9.72. The number of aromatic nitrogens is 4. The fourth-order valence-corrected chi connectivity index (χ4v) is 5.81. The number of benzene rings is 1. The van der Waals surface area contributed by atoms with Crippen LogP contribution in [0.3, 0.4) is 0 Å². The Morgan fingerprint density at radius 2 is 1.79 bits per heavy atom. The van der Waals surface area contributed by atoms with Crippen LogP contribution in [0.5, 0.6) is 0 Å². The van der Waals surface area contributed by atoms with Gasteiger partial charge in [-0.3, -0.25) is 4.98 Å². The zero-order chi connectivity index (χ0) is 23.2. The highest BCUT2D eigenvalue weighted by Crippen LogP contribution is 2.40. The van der Waals surface area contributed by atoms with Gasteiger partial charge in [-0.15, -0.1) is 0 Å². The van der Waals surface area contributed by atoms with Crippen LogP contribution in [0, 0.1) is 0 Å². The molecule has 5 heterocycles. The van der Waals surface area contributed by atoms with Crippen molar-refractivity contribution in [3.8, 4) is 22.4 Å². The molecule has 1 aromatic carbocycles. The third-order valence-electron chi connectivity index (χ3n) is 7.41. The zero-order valence-corrected chi connectivity index (χ0v) is 19.4. The molecule has 0 radical (unpaired) electrons. The van der Waals surface area contributed by atoms with E-state index in [1.54, 1.807) is 17.6 Å². The highest BCUT2D eigenvalue weighted by molar-refractivity contribution is 5.79. The summed E-state index contributed by atoms with van der Waals surface area (Å²) in [5, 5.41) is 19.0. The Bertz CT molecular complexity index is 1300. The van der Waals surface area contributed by atoms with Crippen molar-refractivity contribution in [1.82, 2.24) is 24.9 Å². The maximum atomic E-state index is 10.7. The Hall–Kier alpha value is -3.29. The van der Waals surface area contributed by atoms with Crippen molar-refractivity contribution in [2.24, 2.45) is 0 Å². The van der Waals surface area contributed by atoms with Gasteiger partial charge in [0.1, 0.15) is 5.82 Å². The molecular weight excluding hydrogens is 424 g/mol. The van der Waals surface area contributed by atoms with E-state index in [4.69, 9.17) is 10.7 Å². The van der Waals surface area contributed by atoms with E-state index < -0.39 is 6.10 Å². The number of piperidine rings is 2. The van der Waals surface area contributed by atoms with Crippen molar-refractivity contribution in [3.05, 3.63) is 66.1 Å². The number of anilines is 1. The number of aliphatic hydroxyl groups excluding tert-OH is 1. The second-order valence-electron chi connectivity index (χ2n) is 9.72. The second kappa shape index (κ2) is 8.49. The minimum Gasteiger partial charge on any atom is -0.388 e. The maximum Gasteiger partial charge on any atom is 0.165 e. The van der Waals surface area contributed by atoms with Crippen LogP contribution in [0.2, 0.25) is 0 Å². The van der Waals surface area contributed by atoms with Crippen LogP contribution < -0.4 is 11.1 Å². The van der Waals surface area contributed by atoms with Crippen molar-refractivity contribution in [1.29, 1.82) is 0 Å². The van der Waals surface area contributed by atoms with E-state index in [1.165, 1.54) is 19.3 Å². The summed E-state index contributed by atoms with van der Waals surface area (Å²) >= 11 is 0.